The lowest BCUT2D eigenvalue weighted by molar-refractivity contribution is -0.142. The molecule has 0 N–H and O–H groups in total. The van der Waals surface area contributed by atoms with Crippen LogP contribution < -0.4 is 0 Å². The molecular formula is C20H19ClO4. The molecule has 25 heavy (non-hydrogen) atoms. The maximum absolute atomic E-state index is 12.0. The van der Waals surface area contributed by atoms with E-state index in [1.807, 2.05) is 19.1 Å². The number of ether oxygens (including phenoxy) is 1. The molecule has 0 aliphatic carbocycles. The first-order chi connectivity index (χ1) is 12.0. The average Bonchev–Trinajstić information content (AvgIpc) is 2.64. The van der Waals surface area contributed by atoms with Gasteiger partial charge in [0.15, 0.2) is 18.2 Å². The number of carbonyl (C=O) groups excluding carboxylic acids is 3. The number of benzene rings is 2. The number of hydrogen-bond acceptors (Lipinski definition) is 4. The smallest absolute Gasteiger partial charge is 0.306 e. The zero-order valence-corrected chi connectivity index (χ0v) is 14.7. The van der Waals surface area contributed by atoms with Crippen LogP contribution in [0.1, 0.15) is 46.0 Å². The summed E-state index contributed by atoms with van der Waals surface area (Å²) in [4.78, 5) is 35.7. The monoisotopic (exact) mass is 358 g/mol. The molecule has 0 radical (unpaired) electrons. The molecule has 0 spiro atoms. The second kappa shape index (κ2) is 9.14. The van der Waals surface area contributed by atoms with Crippen molar-refractivity contribution in [2.45, 2.75) is 26.2 Å². The molecule has 0 fully saturated rings. The highest BCUT2D eigenvalue weighted by Gasteiger charge is 2.13. The summed E-state index contributed by atoms with van der Waals surface area (Å²) < 4.78 is 4.96. The van der Waals surface area contributed by atoms with Crippen molar-refractivity contribution in [2.75, 3.05) is 6.61 Å². The molecular weight excluding hydrogens is 340 g/mol. The molecule has 0 unspecified atom stereocenters. The van der Waals surface area contributed by atoms with E-state index in [-0.39, 0.29) is 31.0 Å². The minimum atomic E-state index is -0.569. The summed E-state index contributed by atoms with van der Waals surface area (Å²) in [5, 5.41) is 0.543. The summed E-state index contributed by atoms with van der Waals surface area (Å²) >= 11 is 5.76. The van der Waals surface area contributed by atoms with E-state index < -0.39 is 5.97 Å². The third-order valence-electron chi connectivity index (χ3n) is 3.77. The van der Waals surface area contributed by atoms with Gasteiger partial charge in [0.05, 0.1) is 6.42 Å². The molecule has 0 heterocycles. The highest BCUT2D eigenvalue weighted by molar-refractivity contribution is 6.30. The van der Waals surface area contributed by atoms with Crippen LogP contribution in [-0.2, 0) is 16.0 Å². The Morgan fingerprint density at radius 2 is 1.40 bits per heavy atom. The number of carbonyl (C=O) groups is 3. The molecule has 0 saturated carbocycles. The molecule has 0 aliphatic heterocycles. The van der Waals surface area contributed by atoms with Crippen molar-refractivity contribution >= 4 is 29.1 Å². The first-order valence-corrected chi connectivity index (χ1v) is 8.44. The molecule has 5 heteroatoms. The molecule has 2 aromatic carbocycles. The number of halogens is 1. The Labute approximate surface area is 151 Å². The second-order valence-corrected chi connectivity index (χ2v) is 6.00. The lowest BCUT2D eigenvalue weighted by atomic mass is 10.1. The minimum absolute atomic E-state index is 0.0276. The van der Waals surface area contributed by atoms with Crippen molar-refractivity contribution in [3.8, 4) is 0 Å². The van der Waals surface area contributed by atoms with Crippen LogP contribution in [0, 0.1) is 0 Å². The van der Waals surface area contributed by atoms with Crippen LogP contribution in [0.5, 0.6) is 0 Å². The van der Waals surface area contributed by atoms with E-state index in [0.717, 1.165) is 12.0 Å². The maximum atomic E-state index is 12.0. The first kappa shape index (κ1) is 18.9. The lowest BCUT2D eigenvalue weighted by Gasteiger charge is -2.05. The Hall–Kier alpha value is -2.46. The fourth-order valence-electron chi connectivity index (χ4n) is 2.22. The summed E-state index contributed by atoms with van der Waals surface area (Å²) in [5.74, 6) is -1.00. The van der Waals surface area contributed by atoms with Crippen LogP contribution in [0.3, 0.4) is 0 Å². The zero-order valence-electron chi connectivity index (χ0n) is 14.0. The standard InChI is InChI=1S/C20H19ClO4/c1-2-14-3-5-16(6-4-14)19(23)13-25-20(24)12-11-18(22)15-7-9-17(21)10-8-15/h3-10H,2,11-13H2,1H3. The van der Waals surface area contributed by atoms with E-state index in [2.05, 4.69) is 0 Å². The van der Waals surface area contributed by atoms with Crippen molar-refractivity contribution in [1.82, 2.24) is 0 Å². The molecule has 2 rings (SSSR count). The van der Waals surface area contributed by atoms with Crippen LogP contribution in [0.4, 0.5) is 0 Å². The number of aryl methyl sites for hydroxylation is 1. The van der Waals surface area contributed by atoms with Gasteiger partial charge in [0.2, 0.25) is 0 Å². The number of rotatable bonds is 8. The molecule has 0 amide bonds. The third kappa shape index (κ3) is 5.84. The molecule has 0 atom stereocenters. The molecule has 0 aromatic heterocycles. The highest BCUT2D eigenvalue weighted by atomic mass is 35.5. The van der Waals surface area contributed by atoms with Gasteiger partial charge in [-0.2, -0.15) is 0 Å². The molecule has 0 bridgehead atoms. The van der Waals surface area contributed by atoms with E-state index in [1.165, 1.54) is 0 Å². The van der Waals surface area contributed by atoms with E-state index >= 15 is 0 Å². The van der Waals surface area contributed by atoms with Crippen LogP contribution in [0.25, 0.3) is 0 Å². The van der Waals surface area contributed by atoms with Crippen LogP contribution in [0.2, 0.25) is 5.02 Å². The quantitative estimate of drug-likeness (QED) is 0.521. The second-order valence-electron chi connectivity index (χ2n) is 5.56. The van der Waals surface area contributed by atoms with Gasteiger partial charge in [-0.3, -0.25) is 14.4 Å². The Morgan fingerprint density at radius 3 is 2.00 bits per heavy atom. The number of ketones is 2. The van der Waals surface area contributed by atoms with Crippen molar-refractivity contribution < 1.29 is 19.1 Å². The summed E-state index contributed by atoms with van der Waals surface area (Å²) in [6.07, 6.45) is 0.856. The summed E-state index contributed by atoms with van der Waals surface area (Å²) in [6, 6.07) is 13.7. The van der Waals surface area contributed by atoms with Gasteiger partial charge in [-0.15, -0.1) is 0 Å². The van der Waals surface area contributed by atoms with Gasteiger partial charge >= 0.3 is 5.97 Å². The molecule has 0 saturated heterocycles. The van der Waals surface area contributed by atoms with E-state index in [4.69, 9.17) is 16.3 Å². The van der Waals surface area contributed by atoms with E-state index in [1.54, 1.807) is 36.4 Å². The first-order valence-electron chi connectivity index (χ1n) is 8.06. The minimum Gasteiger partial charge on any atom is -0.457 e. The molecule has 130 valence electrons. The van der Waals surface area contributed by atoms with E-state index in [9.17, 15) is 14.4 Å². The lowest BCUT2D eigenvalue weighted by Crippen LogP contribution is -2.15. The number of esters is 1. The Bertz CT molecular complexity index is 748. The Kier molecular flexibility index (Phi) is 6.90. The number of Topliss-reactive ketones (excluding diaryl/α,β-unsaturated/α-hetero) is 2. The topological polar surface area (TPSA) is 60.4 Å². The Morgan fingerprint density at radius 1 is 0.840 bits per heavy atom. The van der Waals surface area contributed by atoms with Gasteiger partial charge in [0.1, 0.15) is 0 Å². The molecule has 0 aliphatic rings. The van der Waals surface area contributed by atoms with Crippen molar-refractivity contribution in [3.63, 3.8) is 0 Å². The van der Waals surface area contributed by atoms with Gasteiger partial charge in [-0.05, 0) is 36.2 Å². The number of hydrogen-bond donors (Lipinski definition) is 0. The SMILES string of the molecule is CCc1ccc(C(=O)COC(=O)CCC(=O)c2ccc(Cl)cc2)cc1. The zero-order chi connectivity index (χ0) is 18.2. The fraction of sp³-hybridized carbons (Fsp3) is 0.250. The predicted octanol–water partition coefficient (Wildman–Crippen LogP) is 4.29. The predicted molar refractivity (Wildman–Crippen MR) is 96.1 cm³/mol. The normalized spacial score (nSPS) is 10.3. The summed E-state index contributed by atoms with van der Waals surface area (Å²) in [7, 11) is 0. The van der Waals surface area contributed by atoms with Gasteiger partial charge in [0, 0.05) is 22.6 Å². The van der Waals surface area contributed by atoms with Crippen LogP contribution in [-0.4, -0.2) is 24.1 Å². The van der Waals surface area contributed by atoms with E-state index in [0.29, 0.717) is 16.1 Å². The van der Waals surface area contributed by atoms with Gasteiger partial charge in [0.25, 0.3) is 0 Å². The average molecular weight is 359 g/mol. The molecule has 4 nitrogen and oxygen atoms in total. The largest absolute Gasteiger partial charge is 0.457 e. The highest BCUT2D eigenvalue weighted by Crippen LogP contribution is 2.12. The van der Waals surface area contributed by atoms with Crippen molar-refractivity contribution in [1.29, 1.82) is 0 Å². The summed E-state index contributed by atoms with van der Waals surface area (Å²) in [6.45, 7) is 1.71. The van der Waals surface area contributed by atoms with Crippen molar-refractivity contribution in [3.05, 3.63) is 70.2 Å². The maximum Gasteiger partial charge on any atom is 0.306 e. The van der Waals surface area contributed by atoms with Crippen LogP contribution >= 0.6 is 11.6 Å². The third-order valence-corrected chi connectivity index (χ3v) is 4.02. The van der Waals surface area contributed by atoms with Crippen LogP contribution in [0.15, 0.2) is 48.5 Å². The molecule has 2 aromatic rings. The van der Waals surface area contributed by atoms with Gasteiger partial charge in [-0.25, -0.2) is 0 Å². The van der Waals surface area contributed by atoms with Gasteiger partial charge < -0.3 is 4.74 Å². The summed E-state index contributed by atoms with van der Waals surface area (Å²) in [5.41, 5.74) is 2.13. The van der Waals surface area contributed by atoms with Gasteiger partial charge in [-0.1, -0.05) is 42.8 Å². The fourth-order valence-corrected chi connectivity index (χ4v) is 2.35. The Balaban J connectivity index is 1.77. The van der Waals surface area contributed by atoms with Crippen molar-refractivity contribution in [2.24, 2.45) is 0 Å².